The van der Waals surface area contributed by atoms with E-state index < -0.39 is 5.79 Å². The van der Waals surface area contributed by atoms with Crippen molar-refractivity contribution in [3.8, 4) is 0 Å². The predicted octanol–water partition coefficient (Wildman–Crippen LogP) is 2.09. The molecule has 0 unspecified atom stereocenters. The zero-order valence-electron chi connectivity index (χ0n) is 7.75. The van der Waals surface area contributed by atoms with Crippen LogP contribution in [0.1, 0.15) is 18.1 Å². The first kappa shape index (κ1) is 8.73. The molecule has 1 radical (unpaired) electrons. The summed E-state index contributed by atoms with van der Waals surface area (Å²) in [4.78, 5) is 0. The van der Waals surface area contributed by atoms with Crippen molar-refractivity contribution >= 4 is 0 Å². The maximum absolute atomic E-state index is 5.52. The summed E-state index contributed by atoms with van der Waals surface area (Å²) < 4.78 is 11.0. The van der Waals surface area contributed by atoms with E-state index in [1.807, 2.05) is 31.2 Å². The normalized spacial score (nSPS) is 20.5. The molecule has 0 spiro atoms. The van der Waals surface area contributed by atoms with Gasteiger partial charge in [0.15, 0.2) is 5.79 Å². The van der Waals surface area contributed by atoms with Gasteiger partial charge in [-0.1, -0.05) is 24.3 Å². The quantitative estimate of drug-likeness (QED) is 0.654. The lowest BCUT2D eigenvalue weighted by atomic mass is 10.1. The molecule has 0 atom stereocenters. The van der Waals surface area contributed by atoms with Crippen molar-refractivity contribution in [3.63, 3.8) is 0 Å². The third kappa shape index (κ3) is 1.60. The molecule has 1 heterocycles. The van der Waals surface area contributed by atoms with Crippen LogP contribution in [0.15, 0.2) is 24.3 Å². The second-order valence-corrected chi connectivity index (χ2v) is 3.34. The van der Waals surface area contributed by atoms with Crippen molar-refractivity contribution in [1.29, 1.82) is 0 Å². The molecule has 13 heavy (non-hydrogen) atoms. The molecule has 0 bridgehead atoms. The monoisotopic (exact) mass is 177 g/mol. The van der Waals surface area contributed by atoms with Gasteiger partial charge in [-0.25, -0.2) is 0 Å². The van der Waals surface area contributed by atoms with Crippen LogP contribution < -0.4 is 0 Å². The Morgan fingerprint density at radius 1 is 1.15 bits per heavy atom. The van der Waals surface area contributed by atoms with Crippen LogP contribution >= 0.6 is 0 Å². The molecule has 0 aromatic heterocycles. The molecule has 1 aromatic rings. The molecule has 1 fully saturated rings. The molecule has 1 aliphatic heterocycles. The lowest BCUT2D eigenvalue weighted by Gasteiger charge is -2.22. The smallest absolute Gasteiger partial charge is 0.192 e. The Kier molecular flexibility index (Phi) is 2.10. The van der Waals surface area contributed by atoms with Crippen molar-refractivity contribution in [2.45, 2.75) is 12.7 Å². The highest BCUT2D eigenvalue weighted by atomic mass is 16.7. The SMILES string of the molecule is [CH2]c1ccc(C2(C)OCCO2)cc1. The Balaban J connectivity index is 2.29. The number of benzene rings is 1. The highest BCUT2D eigenvalue weighted by molar-refractivity contribution is 5.27. The van der Waals surface area contributed by atoms with Crippen molar-refractivity contribution in [1.82, 2.24) is 0 Å². The Morgan fingerprint density at radius 2 is 1.69 bits per heavy atom. The molecule has 0 saturated carbocycles. The topological polar surface area (TPSA) is 18.5 Å². The second kappa shape index (κ2) is 3.13. The Bertz CT molecular complexity index is 283. The van der Waals surface area contributed by atoms with Gasteiger partial charge >= 0.3 is 0 Å². The fraction of sp³-hybridized carbons (Fsp3) is 0.364. The van der Waals surface area contributed by atoms with Crippen LogP contribution in [-0.4, -0.2) is 13.2 Å². The van der Waals surface area contributed by atoms with E-state index in [4.69, 9.17) is 9.47 Å². The minimum Gasteiger partial charge on any atom is -0.344 e. The first-order valence-corrected chi connectivity index (χ1v) is 4.41. The maximum Gasteiger partial charge on any atom is 0.192 e. The zero-order chi connectivity index (χ0) is 9.31. The van der Waals surface area contributed by atoms with Gasteiger partial charge in [-0.05, 0) is 19.4 Å². The number of hydrogen-bond donors (Lipinski definition) is 0. The van der Waals surface area contributed by atoms with Gasteiger partial charge in [-0.2, -0.15) is 0 Å². The van der Waals surface area contributed by atoms with Crippen molar-refractivity contribution in [2.75, 3.05) is 13.2 Å². The molecular formula is C11H13O2. The van der Waals surface area contributed by atoms with Crippen molar-refractivity contribution in [3.05, 3.63) is 42.3 Å². The van der Waals surface area contributed by atoms with Gasteiger partial charge < -0.3 is 9.47 Å². The van der Waals surface area contributed by atoms with Crippen molar-refractivity contribution in [2.24, 2.45) is 0 Å². The summed E-state index contributed by atoms with van der Waals surface area (Å²) in [7, 11) is 0. The molecule has 2 heteroatoms. The standard InChI is InChI=1S/C11H13O2/c1-9-3-5-10(6-4-9)11(2)12-7-8-13-11/h3-6H,1,7-8H2,2H3. The summed E-state index contributed by atoms with van der Waals surface area (Å²) in [5.74, 6) is -0.548. The second-order valence-electron chi connectivity index (χ2n) is 3.34. The fourth-order valence-electron chi connectivity index (χ4n) is 1.49. The molecular weight excluding hydrogens is 164 g/mol. The van der Waals surface area contributed by atoms with Crippen molar-refractivity contribution < 1.29 is 9.47 Å². The van der Waals surface area contributed by atoms with Gasteiger partial charge in [0, 0.05) is 5.56 Å². The zero-order valence-corrected chi connectivity index (χ0v) is 7.75. The third-order valence-electron chi connectivity index (χ3n) is 2.32. The van der Waals surface area contributed by atoms with Crippen LogP contribution in [0.2, 0.25) is 0 Å². The number of ether oxygens (including phenoxy) is 2. The van der Waals surface area contributed by atoms with E-state index in [0.29, 0.717) is 13.2 Å². The molecule has 0 N–H and O–H groups in total. The van der Waals surface area contributed by atoms with Gasteiger partial charge in [0.1, 0.15) is 0 Å². The van der Waals surface area contributed by atoms with E-state index >= 15 is 0 Å². The van der Waals surface area contributed by atoms with Crippen LogP contribution in [0.25, 0.3) is 0 Å². The summed E-state index contributed by atoms with van der Waals surface area (Å²) in [5, 5.41) is 0. The molecule has 69 valence electrons. The fourth-order valence-corrected chi connectivity index (χ4v) is 1.49. The summed E-state index contributed by atoms with van der Waals surface area (Å²) in [5.41, 5.74) is 2.06. The molecule has 0 aliphatic carbocycles. The summed E-state index contributed by atoms with van der Waals surface area (Å²) in [6.45, 7) is 7.11. The van der Waals surface area contributed by atoms with E-state index in [-0.39, 0.29) is 0 Å². The number of hydrogen-bond acceptors (Lipinski definition) is 2. The van der Waals surface area contributed by atoms with Crippen LogP contribution in [0, 0.1) is 6.92 Å². The molecule has 1 aromatic carbocycles. The maximum atomic E-state index is 5.52. The summed E-state index contributed by atoms with van der Waals surface area (Å²) in [6, 6.07) is 7.92. The average molecular weight is 177 g/mol. The minimum absolute atomic E-state index is 0.548. The molecule has 0 amide bonds. The van der Waals surface area contributed by atoms with Crippen LogP contribution in [0.3, 0.4) is 0 Å². The van der Waals surface area contributed by atoms with Gasteiger partial charge in [-0.15, -0.1) is 0 Å². The molecule has 2 rings (SSSR count). The van der Waals surface area contributed by atoms with Gasteiger partial charge in [0.25, 0.3) is 0 Å². The highest BCUT2D eigenvalue weighted by Crippen LogP contribution is 2.30. The predicted molar refractivity (Wildman–Crippen MR) is 50.2 cm³/mol. The minimum atomic E-state index is -0.548. The van der Waals surface area contributed by atoms with Crippen LogP contribution in [-0.2, 0) is 15.3 Å². The number of rotatable bonds is 1. The van der Waals surface area contributed by atoms with E-state index in [9.17, 15) is 0 Å². The first-order chi connectivity index (χ1) is 6.21. The van der Waals surface area contributed by atoms with E-state index in [1.165, 1.54) is 0 Å². The highest BCUT2D eigenvalue weighted by Gasteiger charge is 2.32. The lowest BCUT2D eigenvalue weighted by Crippen LogP contribution is -2.22. The molecule has 1 aliphatic rings. The Hall–Kier alpha value is -0.860. The van der Waals surface area contributed by atoms with Crippen LogP contribution in [0.5, 0.6) is 0 Å². The Labute approximate surface area is 78.5 Å². The average Bonchev–Trinajstić information content (AvgIpc) is 2.54. The van der Waals surface area contributed by atoms with E-state index in [1.54, 1.807) is 0 Å². The van der Waals surface area contributed by atoms with Crippen LogP contribution in [0.4, 0.5) is 0 Å². The van der Waals surface area contributed by atoms with Gasteiger partial charge in [0.2, 0.25) is 0 Å². The summed E-state index contributed by atoms with van der Waals surface area (Å²) >= 11 is 0. The van der Waals surface area contributed by atoms with E-state index in [2.05, 4.69) is 6.92 Å². The molecule has 1 saturated heterocycles. The molecule has 2 nitrogen and oxygen atoms in total. The third-order valence-corrected chi connectivity index (χ3v) is 2.32. The van der Waals surface area contributed by atoms with Gasteiger partial charge in [0.05, 0.1) is 13.2 Å². The summed E-state index contributed by atoms with van der Waals surface area (Å²) in [6.07, 6.45) is 0. The largest absolute Gasteiger partial charge is 0.344 e. The first-order valence-electron chi connectivity index (χ1n) is 4.41. The van der Waals surface area contributed by atoms with Gasteiger partial charge in [-0.3, -0.25) is 0 Å². The Morgan fingerprint density at radius 3 is 2.23 bits per heavy atom. The lowest BCUT2D eigenvalue weighted by molar-refractivity contribution is -0.149. The van der Waals surface area contributed by atoms with E-state index in [0.717, 1.165) is 11.1 Å².